The van der Waals surface area contributed by atoms with Gasteiger partial charge >= 0.3 is 11.9 Å². The fourth-order valence-electron chi connectivity index (χ4n) is 8.92. The maximum Gasteiger partial charge on any atom is 0.307 e. The van der Waals surface area contributed by atoms with E-state index in [0.717, 1.165) is 77.0 Å². The van der Waals surface area contributed by atoms with E-state index in [-0.39, 0.29) is 64.7 Å². The first-order valence-corrected chi connectivity index (χ1v) is 24.7. The van der Waals surface area contributed by atoms with E-state index in [1.807, 2.05) is 23.6 Å². The summed E-state index contributed by atoms with van der Waals surface area (Å²) in [5.74, 6) is -4.20. The van der Waals surface area contributed by atoms with Gasteiger partial charge in [-0.15, -0.1) is 0 Å². The number of aliphatic carboxylic acids is 2. The summed E-state index contributed by atoms with van der Waals surface area (Å²) in [6, 6.07) is 0. The molecular weight excluding hydrogens is 829 g/mol. The summed E-state index contributed by atoms with van der Waals surface area (Å²) in [5.41, 5.74) is -1.61. The van der Waals surface area contributed by atoms with Crippen LogP contribution in [-0.4, -0.2) is 174 Å². The topological polar surface area (TPSA) is 189 Å². The van der Waals surface area contributed by atoms with Crippen LogP contribution in [0.4, 0.5) is 0 Å². The molecule has 64 heavy (non-hydrogen) atoms. The number of carboxylic acid groups (broad SMARTS) is 2. The van der Waals surface area contributed by atoms with Gasteiger partial charge in [0, 0.05) is 26.2 Å². The first kappa shape index (κ1) is 55.9. The Morgan fingerprint density at radius 1 is 0.500 bits per heavy atom. The third kappa shape index (κ3) is 21.5. The monoisotopic (exact) mass is 915 g/mol. The fraction of sp³-hybridized carbons (Fsp3) is 0.917. The minimum absolute atomic E-state index is 0.0789. The molecule has 2 saturated carbocycles. The van der Waals surface area contributed by atoms with E-state index in [1.165, 1.54) is 0 Å². The third-order valence-electron chi connectivity index (χ3n) is 12.7. The average Bonchev–Trinajstić information content (AvgIpc) is 3.29. The number of rotatable bonds is 24. The summed E-state index contributed by atoms with van der Waals surface area (Å²) in [6.45, 7) is 14.1. The Morgan fingerprint density at radius 3 is 1.23 bits per heavy atom. The molecule has 0 aromatic heterocycles. The van der Waals surface area contributed by atoms with Gasteiger partial charge in [-0.2, -0.15) is 0 Å². The van der Waals surface area contributed by atoms with Gasteiger partial charge in [0.05, 0.1) is 116 Å². The Bertz CT molecular complexity index is 1210. The van der Waals surface area contributed by atoms with Crippen molar-refractivity contribution in [3.8, 4) is 0 Å². The molecule has 1 saturated heterocycles. The molecule has 0 aromatic carbocycles. The van der Waals surface area contributed by atoms with Crippen LogP contribution in [0.2, 0.25) is 0 Å². The van der Waals surface area contributed by atoms with E-state index in [2.05, 4.69) is 13.8 Å². The number of amides is 2. The molecular formula is C48H86N2O14. The van der Waals surface area contributed by atoms with Crippen LogP contribution in [0.25, 0.3) is 0 Å². The van der Waals surface area contributed by atoms with E-state index in [4.69, 9.17) is 37.9 Å². The Labute approximate surface area is 384 Å². The molecule has 16 heteroatoms. The number of carboxylic acids is 2. The SMILES string of the molecule is CCCCCCN(CCOCC1(C)COCCOCCOCC(C)(COCCN(CCCCCC)C(=O)[C@@H]2CCCC[C@@H]2C(=O)O)OCCOCCO1)C(=O)[C@@H]1CCCC[C@@H]1C(=O)O. The van der Waals surface area contributed by atoms with Crippen LogP contribution in [0.15, 0.2) is 0 Å². The Morgan fingerprint density at radius 2 is 0.859 bits per heavy atom. The molecule has 6 atom stereocenters. The number of hydrogen-bond donors (Lipinski definition) is 2. The normalized spacial score (nSPS) is 27.2. The van der Waals surface area contributed by atoms with E-state index in [0.29, 0.717) is 91.5 Å². The summed E-state index contributed by atoms with van der Waals surface area (Å²) >= 11 is 0. The second kappa shape index (κ2) is 32.3. The largest absolute Gasteiger partial charge is 0.481 e. The highest BCUT2D eigenvalue weighted by molar-refractivity contribution is 5.85. The van der Waals surface area contributed by atoms with Gasteiger partial charge < -0.3 is 57.9 Å². The molecule has 1 aliphatic heterocycles. The number of hydrogen-bond acceptors (Lipinski definition) is 12. The van der Waals surface area contributed by atoms with Gasteiger partial charge in [-0.25, -0.2) is 0 Å². The van der Waals surface area contributed by atoms with E-state index < -0.39 is 46.8 Å². The minimum Gasteiger partial charge on any atom is -0.481 e. The van der Waals surface area contributed by atoms with Crippen molar-refractivity contribution in [2.75, 3.05) is 119 Å². The third-order valence-corrected chi connectivity index (χ3v) is 12.7. The molecule has 3 rings (SSSR count). The standard InChI is InChI=1S/C48H86N2O14/c1-5-7-9-15-21-49(43(51)39-17-11-13-19-41(39)45(53)54)23-25-59-35-47(3)37-61-29-27-57-28-30-62-38-48(4,64-34-32-58-31-33-63-47)36-60-26-24-50(22-16-10-8-6-2)44(52)40-18-12-14-20-42(40)46(55)56/h39-42H,5-38H2,1-4H3,(H,53,54)(H,55,56)/t39-,40-,41+,42+,47?,48?/m1/s1. The molecule has 0 spiro atoms. The molecule has 2 N–H and O–H groups in total. The number of ether oxygens (including phenoxy) is 8. The second-order valence-electron chi connectivity index (χ2n) is 18.5. The van der Waals surface area contributed by atoms with Gasteiger partial charge in [0.15, 0.2) is 0 Å². The van der Waals surface area contributed by atoms with Crippen molar-refractivity contribution >= 4 is 23.8 Å². The lowest BCUT2D eigenvalue weighted by atomic mass is 9.78. The number of carbonyl (C=O) groups excluding carboxylic acids is 2. The Hall–Kier alpha value is -2.44. The lowest BCUT2D eigenvalue weighted by Crippen LogP contribution is -2.45. The first-order valence-electron chi connectivity index (χ1n) is 24.7. The average molecular weight is 915 g/mol. The summed E-state index contributed by atoms with van der Waals surface area (Å²) in [6.07, 6.45) is 13.8. The zero-order chi connectivity index (χ0) is 46.5. The van der Waals surface area contributed by atoms with Crippen molar-refractivity contribution in [3.05, 3.63) is 0 Å². The van der Waals surface area contributed by atoms with Crippen molar-refractivity contribution < 1.29 is 67.3 Å². The zero-order valence-corrected chi connectivity index (χ0v) is 40.0. The second-order valence-corrected chi connectivity index (χ2v) is 18.5. The van der Waals surface area contributed by atoms with E-state index in [9.17, 15) is 29.4 Å². The van der Waals surface area contributed by atoms with E-state index in [1.54, 1.807) is 0 Å². The number of nitrogens with zero attached hydrogens (tertiary/aromatic N) is 2. The zero-order valence-electron chi connectivity index (χ0n) is 40.0. The van der Waals surface area contributed by atoms with Crippen molar-refractivity contribution in [3.63, 3.8) is 0 Å². The quantitative estimate of drug-likeness (QED) is 0.103. The molecule has 0 aromatic rings. The van der Waals surface area contributed by atoms with Gasteiger partial charge in [0.25, 0.3) is 0 Å². The minimum atomic E-state index is -0.887. The van der Waals surface area contributed by atoms with Crippen molar-refractivity contribution in [2.45, 2.75) is 142 Å². The first-order chi connectivity index (χ1) is 30.9. The van der Waals surface area contributed by atoms with Crippen LogP contribution in [0.1, 0.15) is 130 Å². The highest BCUT2D eigenvalue weighted by Crippen LogP contribution is 2.33. The summed E-state index contributed by atoms with van der Waals surface area (Å²) in [7, 11) is 0. The highest BCUT2D eigenvalue weighted by atomic mass is 16.6. The molecule has 2 amide bonds. The molecule has 3 fully saturated rings. The molecule has 16 nitrogen and oxygen atoms in total. The summed E-state index contributed by atoms with van der Waals surface area (Å²) in [4.78, 5) is 55.1. The van der Waals surface area contributed by atoms with Gasteiger partial charge in [-0.3, -0.25) is 19.2 Å². The van der Waals surface area contributed by atoms with Gasteiger partial charge in [-0.1, -0.05) is 78.1 Å². The van der Waals surface area contributed by atoms with Crippen LogP contribution >= 0.6 is 0 Å². The molecule has 2 unspecified atom stereocenters. The summed E-state index contributed by atoms with van der Waals surface area (Å²) in [5, 5.41) is 19.7. The van der Waals surface area contributed by atoms with Crippen molar-refractivity contribution in [1.82, 2.24) is 9.80 Å². The maximum absolute atomic E-state index is 13.7. The molecule has 1 heterocycles. The lowest BCUT2D eigenvalue weighted by Gasteiger charge is -2.34. The Kier molecular flexibility index (Phi) is 28.2. The smallest absolute Gasteiger partial charge is 0.307 e. The van der Waals surface area contributed by atoms with Crippen LogP contribution in [0, 0.1) is 23.7 Å². The van der Waals surface area contributed by atoms with Gasteiger partial charge in [-0.05, 0) is 52.4 Å². The van der Waals surface area contributed by atoms with E-state index >= 15 is 0 Å². The fourth-order valence-corrected chi connectivity index (χ4v) is 8.92. The van der Waals surface area contributed by atoms with Gasteiger partial charge in [0.1, 0.15) is 11.2 Å². The Balaban J connectivity index is 1.50. The van der Waals surface area contributed by atoms with Crippen LogP contribution < -0.4 is 0 Å². The number of carbonyl (C=O) groups is 4. The molecule has 0 bridgehead atoms. The van der Waals surface area contributed by atoms with Crippen LogP contribution in [0.3, 0.4) is 0 Å². The molecule has 0 radical (unpaired) electrons. The highest BCUT2D eigenvalue weighted by Gasteiger charge is 2.39. The lowest BCUT2D eigenvalue weighted by molar-refractivity contribution is -0.157. The van der Waals surface area contributed by atoms with Crippen molar-refractivity contribution in [2.24, 2.45) is 23.7 Å². The predicted molar refractivity (Wildman–Crippen MR) is 241 cm³/mol. The van der Waals surface area contributed by atoms with Crippen molar-refractivity contribution in [1.29, 1.82) is 0 Å². The molecule has 372 valence electrons. The summed E-state index contributed by atoms with van der Waals surface area (Å²) < 4.78 is 48.6. The predicted octanol–water partition coefficient (Wildman–Crippen LogP) is 6.25. The van der Waals surface area contributed by atoms with Crippen LogP contribution in [-0.2, 0) is 57.1 Å². The van der Waals surface area contributed by atoms with Crippen LogP contribution in [0.5, 0.6) is 0 Å². The number of unbranched alkanes of at least 4 members (excludes halogenated alkanes) is 6. The van der Waals surface area contributed by atoms with Gasteiger partial charge in [0.2, 0.25) is 11.8 Å². The molecule has 2 aliphatic carbocycles. The molecule has 3 aliphatic rings. The maximum atomic E-state index is 13.7.